The lowest BCUT2D eigenvalue weighted by Crippen LogP contribution is -2.35. The Bertz CT molecular complexity index is 336. The molecule has 1 nitrogen and oxygen atoms in total. The summed E-state index contributed by atoms with van der Waals surface area (Å²) in [5.74, 6) is 1.09. The third-order valence-corrected chi connectivity index (χ3v) is 5.23. The van der Waals surface area contributed by atoms with Crippen LogP contribution in [0.1, 0.15) is 38.5 Å². The van der Waals surface area contributed by atoms with E-state index in [0.29, 0.717) is 11.8 Å². The summed E-state index contributed by atoms with van der Waals surface area (Å²) in [5.41, 5.74) is 0.830. The number of aliphatic hydroxyl groups is 1. The van der Waals surface area contributed by atoms with Crippen LogP contribution in [-0.4, -0.2) is 10.7 Å². The molecule has 0 aromatic carbocycles. The predicted molar refractivity (Wildman–Crippen MR) is 64.7 cm³/mol. The van der Waals surface area contributed by atoms with Crippen LogP contribution >= 0.6 is 15.9 Å². The Labute approximate surface area is 99.4 Å². The second-order valence-corrected chi connectivity index (χ2v) is 6.04. The molecule has 15 heavy (non-hydrogen) atoms. The molecule has 0 amide bonds. The molecule has 0 heterocycles. The first-order chi connectivity index (χ1) is 7.21. The van der Waals surface area contributed by atoms with Crippen molar-refractivity contribution < 1.29 is 5.11 Å². The van der Waals surface area contributed by atoms with Crippen LogP contribution in [0, 0.1) is 11.8 Å². The monoisotopic (exact) mass is 268 g/mol. The second kappa shape index (κ2) is 3.46. The van der Waals surface area contributed by atoms with Gasteiger partial charge < -0.3 is 5.11 Å². The molecule has 0 aromatic rings. The molecule has 1 fully saturated rings. The molecule has 2 atom stereocenters. The third-order valence-electron chi connectivity index (χ3n) is 4.22. The maximum Gasteiger partial charge on any atom is 0.0873 e. The summed E-state index contributed by atoms with van der Waals surface area (Å²) < 4.78 is 1.29. The van der Waals surface area contributed by atoms with Crippen LogP contribution in [0.25, 0.3) is 0 Å². The fourth-order valence-electron chi connectivity index (χ4n) is 3.45. The van der Waals surface area contributed by atoms with Crippen LogP contribution in [0.3, 0.4) is 0 Å². The van der Waals surface area contributed by atoms with Gasteiger partial charge in [0.25, 0.3) is 0 Å². The number of allylic oxidation sites excluding steroid dienone is 3. The minimum absolute atomic E-state index is 0.485. The van der Waals surface area contributed by atoms with Crippen molar-refractivity contribution in [2.45, 2.75) is 44.1 Å². The highest BCUT2D eigenvalue weighted by molar-refractivity contribution is 9.11. The number of fused-ring (bicyclic) bond motifs is 2. The Hall–Kier alpha value is -0.0800. The van der Waals surface area contributed by atoms with Gasteiger partial charge in [-0.05, 0) is 24.8 Å². The zero-order valence-corrected chi connectivity index (χ0v) is 10.5. The molecule has 0 spiro atoms. The summed E-state index contributed by atoms with van der Waals surface area (Å²) in [5, 5.41) is 10.7. The molecular formula is C13H17BrO. The zero-order chi connectivity index (χ0) is 10.5. The normalized spacial score (nSPS) is 37.7. The first kappa shape index (κ1) is 10.1. The van der Waals surface area contributed by atoms with E-state index in [1.807, 2.05) is 0 Å². The first-order valence-corrected chi connectivity index (χ1v) is 6.81. The van der Waals surface area contributed by atoms with Gasteiger partial charge >= 0.3 is 0 Å². The summed E-state index contributed by atoms with van der Waals surface area (Å²) in [6, 6.07) is 0. The SMILES string of the molecule is OC1(C2=C(Br)C3C=CC2C3)CCCCC1. The molecule has 0 radical (unpaired) electrons. The molecule has 3 aliphatic carbocycles. The van der Waals surface area contributed by atoms with Gasteiger partial charge in [-0.25, -0.2) is 0 Å². The van der Waals surface area contributed by atoms with Crippen molar-refractivity contribution in [3.05, 3.63) is 22.2 Å². The van der Waals surface area contributed by atoms with Gasteiger partial charge in [-0.15, -0.1) is 0 Å². The van der Waals surface area contributed by atoms with Crippen LogP contribution in [0.5, 0.6) is 0 Å². The molecule has 0 saturated heterocycles. The van der Waals surface area contributed by atoms with Gasteiger partial charge in [0.2, 0.25) is 0 Å². The van der Waals surface area contributed by atoms with Gasteiger partial charge in [0.1, 0.15) is 0 Å². The fourth-order valence-corrected chi connectivity index (χ4v) is 4.45. The molecule has 2 unspecified atom stereocenters. The van der Waals surface area contributed by atoms with Gasteiger partial charge in [-0.1, -0.05) is 47.3 Å². The lowest BCUT2D eigenvalue weighted by Gasteiger charge is -2.36. The van der Waals surface area contributed by atoms with Crippen LogP contribution in [0.4, 0.5) is 0 Å². The van der Waals surface area contributed by atoms with E-state index >= 15 is 0 Å². The molecule has 3 rings (SSSR count). The quantitative estimate of drug-likeness (QED) is 0.722. The van der Waals surface area contributed by atoms with E-state index in [2.05, 4.69) is 28.1 Å². The standard InChI is InChI=1S/C13H17BrO/c14-12-10-5-4-9(8-10)11(12)13(15)6-2-1-3-7-13/h4-5,9-10,15H,1-3,6-8H2. The van der Waals surface area contributed by atoms with Crippen LogP contribution in [0.15, 0.2) is 22.2 Å². The predicted octanol–water partition coefficient (Wildman–Crippen LogP) is 3.54. The third kappa shape index (κ3) is 1.45. The summed E-state index contributed by atoms with van der Waals surface area (Å²) in [4.78, 5) is 0. The van der Waals surface area contributed by atoms with Gasteiger partial charge in [0.05, 0.1) is 5.60 Å². The number of rotatable bonds is 1. The average molecular weight is 269 g/mol. The maximum absolute atomic E-state index is 10.7. The van der Waals surface area contributed by atoms with Gasteiger partial charge in [-0.2, -0.15) is 0 Å². The lowest BCUT2D eigenvalue weighted by molar-refractivity contribution is 0.0336. The maximum atomic E-state index is 10.7. The van der Waals surface area contributed by atoms with Crippen LogP contribution in [-0.2, 0) is 0 Å². The molecule has 1 saturated carbocycles. The second-order valence-electron chi connectivity index (χ2n) is 5.19. The smallest absolute Gasteiger partial charge is 0.0873 e. The van der Waals surface area contributed by atoms with Crippen molar-refractivity contribution in [1.82, 2.24) is 0 Å². The van der Waals surface area contributed by atoms with Gasteiger partial charge in [0, 0.05) is 16.3 Å². The lowest BCUT2D eigenvalue weighted by atomic mass is 9.75. The minimum Gasteiger partial charge on any atom is -0.385 e. The van der Waals surface area contributed by atoms with E-state index in [-0.39, 0.29) is 0 Å². The highest BCUT2D eigenvalue weighted by atomic mass is 79.9. The summed E-state index contributed by atoms with van der Waals surface area (Å²) in [6.45, 7) is 0. The fraction of sp³-hybridized carbons (Fsp3) is 0.692. The summed E-state index contributed by atoms with van der Waals surface area (Å²) in [6.07, 6.45) is 11.4. The van der Waals surface area contributed by atoms with E-state index in [4.69, 9.17) is 0 Å². The Morgan fingerprint density at radius 3 is 2.40 bits per heavy atom. The van der Waals surface area contributed by atoms with E-state index < -0.39 is 5.60 Å². The first-order valence-electron chi connectivity index (χ1n) is 6.01. The van der Waals surface area contributed by atoms with Crippen molar-refractivity contribution in [3.63, 3.8) is 0 Å². The Morgan fingerprint density at radius 1 is 1.13 bits per heavy atom. The minimum atomic E-state index is -0.485. The van der Waals surface area contributed by atoms with Crippen molar-refractivity contribution in [1.29, 1.82) is 0 Å². The molecule has 0 aliphatic heterocycles. The van der Waals surface area contributed by atoms with E-state index in [9.17, 15) is 5.11 Å². The molecule has 0 aromatic heterocycles. The average Bonchev–Trinajstić information content (AvgIpc) is 2.78. The van der Waals surface area contributed by atoms with Crippen LogP contribution < -0.4 is 0 Å². The summed E-state index contributed by atoms with van der Waals surface area (Å²) >= 11 is 3.70. The van der Waals surface area contributed by atoms with Crippen molar-refractivity contribution in [3.8, 4) is 0 Å². The van der Waals surface area contributed by atoms with Crippen molar-refractivity contribution in [2.75, 3.05) is 0 Å². The highest BCUT2D eigenvalue weighted by Crippen LogP contribution is 2.53. The molecule has 1 N–H and O–H groups in total. The number of hydrogen-bond acceptors (Lipinski definition) is 1. The van der Waals surface area contributed by atoms with Crippen molar-refractivity contribution in [2.24, 2.45) is 11.8 Å². The molecule has 3 aliphatic rings. The zero-order valence-electron chi connectivity index (χ0n) is 8.88. The molecular weight excluding hydrogens is 252 g/mol. The summed E-state index contributed by atoms with van der Waals surface area (Å²) in [7, 11) is 0. The number of halogens is 1. The molecule has 2 heteroatoms. The Kier molecular flexibility index (Phi) is 2.33. The molecule has 2 bridgehead atoms. The van der Waals surface area contributed by atoms with Crippen LogP contribution in [0.2, 0.25) is 0 Å². The Balaban J connectivity index is 1.93. The van der Waals surface area contributed by atoms with Gasteiger partial charge in [-0.3, -0.25) is 0 Å². The van der Waals surface area contributed by atoms with Crippen molar-refractivity contribution >= 4 is 15.9 Å². The molecule has 82 valence electrons. The van der Waals surface area contributed by atoms with E-state index in [0.717, 1.165) is 12.8 Å². The Morgan fingerprint density at radius 2 is 1.80 bits per heavy atom. The number of hydrogen-bond donors (Lipinski definition) is 1. The topological polar surface area (TPSA) is 20.2 Å². The van der Waals surface area contributed by atoms with E-state index in [1.165, 1.54) is 35.7 Å². The van der Waals surface area contributed by atoms with Gasteiger partial charge in [0.15, 0.2) is 0 Å². The van der Waals surface area contributed by atoms with E-state index in [1.54, 1.807) is 0 Å². The highest BCUT2D eigenvalue weighted by Gasteiger charge is 2.45. The largest absolute Gasteiger partial charge is 0.385 e.